The van der Waals surface area contributed by atoms with Crippen LogP contribution in [0.15, 0.2) is 24.3 Å². The van der Waals surface area contributed by atoms with Crippen LogP contribution in [0.3, 0.4) is 0 Å². The number of alkyl halides is 1. The van der Waals surface area contributed by atoms with Gasteiger partial charge in [0.2, 0.25) is 0 Å². The Kier molecular flexibility index (Phi) is 4.40. The highest BCUT2D eigenvalue weighted by atomic mass is 127. The summed E-state index contributed by atoms with van der Waals surface area (Å²) in [7, 11) is 0. The zero-order chi connectivity index (χ0) is 11.4. The number of rotatable bonds is 5. The van der Waals surface area contributed by atoms with E-state index in [0.29, 0.717) is 6.61 Å². The molecule has 88 valence electrons. The molecule has 1 fully saturated rings. The first kappa shape index (κ1) is 12.1. The SMILES string of the molecule is FCC1CN(CCOc2ccc(I)cc2)C1. The van der Waals surface area contributed by atoms with E-state index in [2.05, 4.69) is 27.5 Å². The Morgan fingerprint density at radius 2 is 2.00 bits per heavy atom. The maximum atomic E-state index is 12.2. The summed E-state index contributed by atoms with van der Waals surface area (Å²) in [6.07, 6.45) is 0. The van der Waals surface area contributed by atoms with Gasteiger partial charge in [0, 0.05) is 29.1 Å². The first-order valence-electron chi connectivity index (χ1n) is 5.44. The molecule has 0 spiro atoms. The van der Waals surface area contributed by atoms with Gasteiger partial charge in [-0.3, -0.25) is 9.29 Å². The zero-order valence-corrected chi connectivity index (χ0v) is 11.2. The summed E-state index contributed by atoms with van der Waals surface area (Å²) in [5.74, 6) is 1.17. The fourth-order valence-electron chi connectivity index (χ4n) is 1.78. The Morgan fingerprint density at radius 1 is 1.31 bits per heavy atom. The number of halogens is 2. The standard InChI is InChI=1S/C12H15FINO/c13-7-10-8-15(9-10)5-6-16-12-3-1-11(14)2-4-12/h1-4,10H,5-9H2. The highest BCUT2D eigenvalue weighted by Gasteiger charge is 2.25. The van der Waals surface area contributed by atoms with Crippen molar-refractivity contribution in [2.45, 2.75) is 0 Å². The molecule has 0 N–H and O–H groups in total. The molecule has 1 aromatic rings. The molecule has 0 aliphatic carbocycles. The van der Waals surface area contributed by atoms with Gasteiger partial charge in [0.05, 0.1) is 6.67 Å². The van der Waals surface area contributed by atoms with E-state index in [0.717, 1.165) is 25.4 Å². The van der Waals surface area contributed by atoms with Crippen LogP contribution in [0, 0.1) is 9.49 Å². The van der Waals surface area contributed by atoms with E-state index in [9.17, 15) is 4.39 Å². The normalized spacial score (nSPS) is 17.1. The van der Waals surface area contributed by atoms with Crippen molar-refractivity contribution in [3.63, 3.8) is 0 Å². The molecule has 0 amide bonds. The molecule has 0 atom stereocenters. The van der Waals surface area contributed by atoms with Gasteiger partial charge >= 0.3 is 0 Å². The molecule has 0 aromatic heterocycles. The number of hydrogen-bond acceptors (Lipinski definition) is 2. The molecule has 2 nitrogen and oxygen atoms in total. The zero-order valence-electron chi connectivity index (χ0n) is 9.03. The first-order valence-corrected chi connectivity index (χ1v) is 6.52. The van der Waals surface area contributed by atoms with Gasteiger partial charge in [-0.05, 0) is 46.9 Å². The Balaban J connectivity index is 1.63. The maximum absolute atomic E-state index is 12.2. The van der Waals surface area contributed by atoms with Crippen molar-refractivity contribution in [3.05, 3.63) is 27.8 Å². The lowest BCUT2D eigenvalue weighted by Crippen LogP contribution is -2.49. The summed E-state index contributed by atoms with van der Waals surface area (Å²) >= 11 is 2.27. The van der Waals surface area contributed by atoms with Crippen molar-refractivity contribution in [1.82, 2.24) is 4.90 Å². The molecule has 1 aromatic carbocycles. The van der Waals surface area contributed by atoms with E-state index in [1.54, 1.807) is 0 Å². The highest BCUT2D eigenvalue weighted by molar-refractivity contribution is 14.1. The minimum atomic E-state index is -0.186. The molecule has 4 heteroatoms. The Morgan fingerprint density at radius 3 is 2.62 bits per heavy atom. The van der Waals surface area contributed by atoms with Crippen molar-refractivity contribution < 1.29 is 9.13 Å². The van der Waals surface area contributed by atoms with E-state index >= 15 is 0 Å². The van der Waals surface area contributed by atoms with Crippen molar-refractivity contribution in [2.75, 3.05) is 32.9 Å². The summed E-state index contributed by atoms with van der Waals surface area (Å²) in [6.45, 7) is 3.15. The Hall–Kier alpha value is -0.360. The van der Waals surface area contributed by atoms with Crippen LogP contribution in [0.4, 0.5) is 4.39 Å². The molecule has 1 aliphatic rings. The van der Waals surface area contributed by atoms with E-state index < -0.39 is 0 Å². The van der Waals surface area contributed by atoms with Crippen LogP contribution in [-0.2, 0) is 0 Å². The van der Waals surface area contributed by atoms with Gasteiger partial charge in [-0.15, -0.1) is 0 Å². The van der Waals surface area contributed by atoms with Crippen molar-refractivity contribution in [2.24, 2.45) is 5.92 Å². The van der Waals surface area contributed by atoms with Crippen LogP contribution in [0.25, 0.3) is 0 Å². The third-order valence-electron chi connectivity index (χ3n) is 2.74. The topological polar surface area (TPSA) is 12.5 Å². The molecule has 1 heterocycles. The molecule has 0 saturated carbocycles. The Bertz CT molecular complexity index is 324. The molecular weight excluding hydrogens is 320 g/mol. The summed E-state index contributed by atoms with van der Waals surface area (Å²) in [6, 6.07) is 8.00. The summed E-state index contributed by atoms with van der Waals surface area (Å²) in [5.41, 5.74) is 0. The lowest BCUT2D eigenvalue weighted by molar-refractivity contribution is 0.0668. The van der Waals surface area contributed by atoms with Gasteiger partial charge in [0.15, 0.2) is 0 Å². The minimum Gasteiger partial charge on any atom is -0.492 e. The minimum absolute atomic E-state index is 0.186. The monoisotopic (exact) mass is 335 g/mol. The summed E-state index contributed by atoms with van der Waals surface area (Å²) in [4.78, 5) is 2.22. The van der Waals surface area contributed by atoms with Crippen LogP contribution in [0.2, 0.25) is 0 Å². The van der Waals surface area contributed by atoms with Crippen LogP contribution in [-0.4, -0.2) is 37.8 Å². The van der Waals surface area contributed by atoms with E-state index in [-0.39, 0.29) is 12.6 Å². The van der Waals surface area contributed by atoms with Gasteiger partial charge in [0.25, 0.3) is 0 Å². The quantitative estimate of drug-likeness (QED) is 0.767. The lowest BCUT2D eigenvalue weighted by Gasteiger charge is -2.37. The number of hydrogen-bond donors (Lipinski definition) is 0. The molecule has 0 bridgehead atoms. The van der Waals surface area contributed by atoms with Crippen molar-refractivity contribution >= 4 is 22.6 Å². The van der Waals surface area contributed by atoms with E-state index in [4.69, 9.17) is 4.74 Å². The van der Waals surface area contributed by atoms with Gasteiger partial charge < -0.3 is 4.74 Å². The maximum Gasteiger partial charge on any atom is 0.119 e. The molecule has 0 unspecified atom stereocenters. The molecule has 1 aliphatic heterocycles. The third-order valence-corrected chi connectivity index (χ3v) is 3.46. The fourth-order valence-corrected chi connectivity index (χ4v) is 2.14. The lowest BCUT2D eigenvalue weighted by atomic mass is 10.0. The van der Waals surface area contributed by atoms with Crippen molar-refractivity contribution in [3.8, 4) is 5.75 Å². The summed E-state index contributed by atoms with van der Waals surface area (Å²) < 4.78 is 19.0. The van der Waals surface area contributed by atoms with Crippen LogP contribution >= 0.6 is 22.6 Å². The summed E-state index contributed by atoms with van der Waals surface area (Å²) in [5, 5.41) is 0. The molecule has 2 rings (SSSR count). The fraction of sp³-hybridized carbons (Fsp3) is 0.500. The van der Waals surface area contributed by atoms with Crippen LogP contribution in [0.5, 0.6) is 5.75 Å². The highest BCUT2D eigenvalue weighted by Crippen LogP contribution is 2.16. The van der Waals surface area contributed by atoms with Crippen molar-refractivity contribution in [1.29, 1.82) is 0 Å². The second kappa shape index (κ2) is 5.82. The van der Waals surface area contributed by atoms with Gasteiger partial charge in [-0.2, -0.15) is 0 Å². The second-order valence-electron chi connectivity index (χ2n) is 4.08. The number of nitrogens with zero attached hydrogens (tertiary/aromatic N) is 1. The average Bonchev–Trinajstić information content (AvgIpc) is 2.24. The number of ether oxygens (including phenoxy) is 1. The first-order chi connectivity index (χ1) is 7.78. The predicted molar refractivity (Wildman–Crippen MR) is 70.6 cm³/mol. The van der Waals surface area contributed by atoms with Gasteiger partial charge in [-0.25, -0.2) is 0 Å². The molecule has 16 heavy (non-hydrogen) atoms. The predicted octanol–water partition coefficient (Wildman–Crippen LogP) is 2.57. The van der Waals surface area contributed by atoms with E-state index in [1.807, 2.05) is 24.3 Å². The second-order valence-corrected chi connectivity index (χ2v) is 5.33. The smallest absolute Gasteiger partial charge is 0.119 e. The average molecular weight is 335 g/mol. The van der Waals surface area contributed by atoms with E-state index in [1.165, 1.54) is 3.57 Å². The number of likely N-dealkylation sites (tertiary alicyclic amines) is 1. The molecule has 1 saturated heterocycles. The molecule has 0 radical (unpaired) electrons. The molecular formula is C12H15FINO. The van der Waals surface area contributed by atoms with Gasteiger partial charge in [0.1, 0.15) is 12.4 Å². The third kappa shape index (κ3) is 3.31. The largest absolute Gasteiger partial charge is 0.492 e. The van der Waals surface area contributed by atoms with Crippen LogP contribution in [0.1, 0.15) is 0 Å². The number of benzene rings is 1. The Labute approximate surface area is 109 Å². The van der Waals surface area contributed by atoms with Gasteiger partial charge in [-0.1, -0.05) is 0 Å². The van der Waals surface area contributed by atoms with Crippen LogP contribution < -0.4 is 4.74 Å².